The predicted molar refractivity (Wildman–Crippen MR) is 79.9 cm³/mol. The Morgan fingerprint density at radius 1 is 1.19 bits per heavy atom. The van der Waals surface area contributed by atoms with Crippen LogP contribution in [0.2, 0.25) is 0 Å². The third-order valence-electron chi connectivity index (χ3n) is 3.78. The maximum Gasteiger partial charge on any atom is 0.142 e. The van der Waals surface area contributed by atoms with E-state index in [9.17, 15) is 0 Å². The summed E-state index contributed by atoms with van der Waals surface area (Å²) < 4.78 is 22.1. The molecule has 1 saturated carbocycles. The summed E-state index contributed by atoms with van der Waals surface area (Å²) in [5.41, 5.74) is 1.81. The van der Waals surface area contributed by atoms with E-state index < -0.39 is 0 Å². The Labute approximate surface area is 124 Å². The highest BCUT2D eigenvalue weighted by molar-refractivity contribution is 5.90. The molecule has 1 aliphatic carbocycles. The van der Waals surface area contributed by atoms with Gasteiger partial charge in [-0.15, -0.1) is 0 Å². The van der Waals surface area contributed by atoms with Crippen LogP contribution >= 0.6 is 0 Å². The Morgan fingerprint density at radius 3 is 2.62 bits per heavy atom. The molecule has 1 heterocycles. The van der Waals surface area contributed by atoms with E-state index in [1.807, 2.05) is 12.1 Å². The van der Waals surface area contributed by atoms with E-state index in [1.165, 1.54) is 12.8 Å². The van der Waals surface area contributed by atoms with E-state index in [0.29, 0.717) is 19.2 Å². The molecule has 0 atom stereocenters. The minimum Gasteiger partial charge on any atom is -0.496 e. The normalized spacial score (nSPS) is 14.6. The van der Waals surface area contributed by atoms with E-state index in [-0.39, 0.29) is 0 Å². The van der Waals surface area contributed by atoms with Crippen molar-refractivity contribution >= 4 is 11.0 Å². The summed E-state index contributed by atoms with van der Waals surface area (Å²) in [4.78, 5) is 0. The summed E-state index contributed by atoms with van der Waals surface area (Å²) >= 11 is 0. The molecule has 5 heteroatoms. The van der Waals surface area contributed by atoms with Gasteiger partial charge in [0.1, 0.15) is 22.8 Å². The minimum absolute atomic E-state index is 0.497. The first-order valence-electron chi connectivity index (χ1n) is 7.15. The summed E-state index contributed by atoms with van der Waals surface area (Å²) in [5, 5.41) is 4.44. The van der Waals surface area contributed by atoms with E-state index in [1.54, 1.807) is 21.3 Å². The number of fused-ring (bicyclic) bond motifs is 1. The Morgan fingerprint density at radius 2 is 2.00 bits per heavy atom. The fraction of sp³-hybridized carbons (Fsp3) is 0.500. The lowest BCUT2D eigenvalue weighted by Gasteiger charge is -2.07. The molecule has 0 spiro atoms. The van der Waals surface area contributed by atoms with Gasteiger partial charge in [0.25, 0.3) is 0 Å². The number of nitrogens with one attached hydrogen (secondary N) is 1. The Bertz CT molecular complexity index is 631. The summed E-state index contributed by atoms with van der Waals surface area (Å²) in [5.74, 6) is 2.38. The van der Waals surface area contributed by atoms with E-state index in [0.717, 1.165) is 33.8 Å². The number of benzene rings is 1. The standard InChI is InChI=1S/C16H21NO4/c1-18-9-12-15(8-17-10-4-5-10)21-14-7-11(19-2)6-13(20-3)16(12)14/h6-7,10,17H,4-5,8-9H2,1-3H3. The van der Waals surface area contributed by atoms with Gasteiger partial charge in [0.05, 0.1) is 32.8 Å². The van der Waals surface area contributed by atoms with Gasteiger partial charge >= 0.3 is 0 Å². The van der Waals surface area contributed by atoms with Crippen LogP contribution in [0.4, 0.5) is 0 Å². The average molecular weight is 291 g/mol. The van der Waals surface area contributed by atoms with E-state index >= 15 is 0 Å². The van der Waals surface area contributed by atoms with Crippen LogP contribution in [-0.4, -0.2) is 27.4 Å². The Hall–Kier alpha value is -1.72. The number of hydrogen-bond acceptors (Lipinski definition) is 5. The molecule has 0 amide bonds. The van der Waals surface area contributed by atoms with Crippen molar-refractivity contribution in [2.45, 2.75) is 32.0 Å². The quantitative estimate of drug-likeness (QED) is 0.850. The number of furan rings is 1. The van der Waals surface area contributed by atoms with Crippen molar-refractivity contribution < 1.29 is 18.6 Å². The Kier molecular flexibility index (Phi) is 4.03. The van der Waals surface area contributed by atoms with Gasteiger partial charge in [-0.1, -0.05) is 0 Å². The molecule has 1 N–H and O–H groups in total. The van der Waals surface area contributed by atoms with E-state index in [2.05, 4.69) is 5.32 Å². The molecular weight excluding hydrogens is 270 g/mol. The molecule has 1 aromatic carbocycles. The largest absolute Gasteiger partial charge is 0.496 e. The SMILES string of the molecule is COCc1c(CNC2CC2)oc2cc(OC)cc(OC)c12. The maximum absolute atomic E-state index is 6.01. The van der Waals surface area contributed by atoms with Crippen LogP contribution < -0.4 is 14.8 Å². The molecule has 5 nitrogen and oxygen atoms in total. The first-order chi connectivity index (χ1) is 10.3. The second-order valence-corrected chi connectivity index (χ2v) is 5.29. The molecule has 0 saturated heterocycles. The molecular formula is C16H21NO4. The lowest BCUT2D eigenvalue weighted by atomic mass is 10.1. The number of rotatable bonds is 7. The molecule has 2 aromatic rings. The zero-order chi connectivity index (χ0) is 14.8. The highest BCUT2D eigenvalue weighted by atomic mass is 16.5. The first kappa shape index (κ1) is 14.2. The van der Waals surface area contributed by atoms with Gasteiger partial charge in [-0.2, -0.15) is 0 Å². The second-order valence-electron chi connectivity index (χ2n) is 5.29. The first-order valence-corrected chi connectivity index (χ1v) is 7.15. The van der Waals surface area contributed by atoms with Gasteiger partial charge < -0.3 is 23.9 Å². The van der Waals surface area contributed by atoms with Crippen LogP contribution in [0.3, 0.4) is 0 Å². The van der Waals surface area contributed by atoms with Gasteiger partial charge in [-0.25, -0.2) is 0 Å². The lowest BCUT2D eigenvalue weighted by Crippen LogP contribution is -2.15. The van der Waals surface area contributed by atoms with Crippen molar-refractivity contribution in [3.8, 4) is 11.5 Å². The summed E-state index contributed by atoms with van der Waals surface area (Å²) in [7, 11) is 4.97. The average Bonchev–Trinajstić information content (AvgIpc) is 3.27. The predicted octanol–water partition coefficient (Wildman–Crippen LogP) is 2.85. The Balaban J connectivity index is 2.05. The van der Waals surface area contributed by atoms with Gasteiger partial charge in [0.2, 0.25) is 0 Å². The zero-order valence-corrected chi connectivity index (χ0v) is 12.7. The highest BCUT2D eigenvalue weighted by Gasteiger charge is 2.23. The zero-order valence-electron chi connectivity index (χ0n) is 12.7. The van der Waals surface area contributed by atoms with Crippen LogP contribution in [0.5, 0.6) is 11.5 Å². The monoisotopic (exact) mass is 291 g/mol. The summed E-state index contributed by atoms with van der Waals surface area (Å²) in [6, 6.07) is 4.39. The van der Waals surface area contributed by atoms with Gasteiger partial charge in [-0.3, -0.25) is 0 Å². The van der Waals surface area contributed by atoms with Crippen molar-refractivity contribution in [2.24, 2.45) is 0 Å². The van der Waals surface area contributed by atoms with E-state index in [4.69, 9.17) is 18.6 Å². The van der Waals surface area contributed by atoms with Crippen molar-refractivity contribution in [1.29, 1.82) is 0 Å². The third kappa shape index (κ3) is 2.84. The van der Waals surface area contributed by atoms with Crippen molar-refractivity contribution in [3.05, 3.63) is 23.5 Å². The molecule has 3 rings (SSSR count). The van der Waals surface area contributed by atoms with Crippen LogP contribution in [0.1, 0.15) is 24.2 Å². The molecule has 0 aliphatic heterocycles. The summed E-state index contributed by atoms with van der Waals surface area (Å²) in [6.07, 6.45) is 2.49. The van der Waals surface area contributed by atoms with Crippen LogP contribution in [0, 0.1) is 0 Å². The number of ether oxygens (including phenoxy) is 3. The maximum atomic E-state index is 6.01. The van der Waals surface area contributed by atoms with Gasteiger partial charge in [-0.05, 0) is 12.8 Å². The van der Waals surface area contributed by atoms with Crippen LogP contribution in [0.15, 0.2) is 16.5 Å². The van der Waals surface area contributed by atoms with Crippen molar-refractivity contribution in [1.82, 2.24) is 5.32 Å². The van der Waals surface area contributed by atoms with Gasteiger partial charge in [0.15, 0.2) is 0 Å². The fourth-order valence-corrected chi connectivity index (χ4v) is 2.52. The fourth-order valence-electron chi connectivity index (χ4n) is 2.52. The molecule has 1 aliphatic rings. The van der Waals surface area contributed by atoms with Crippen molar-refractivity contribution in [3.63, 3.8) is 0 Å². The summed E-state index contributed by atoms with van der Waals surface area (Å²) in [6.45, 7) is 1.21. The molecule has 1 fully saturated rings. The molecule has 114 valence electrons. The topological polar surface area (TPSA) is 52.9 Å². The molecule has 0 radical (unpaired) electrons. The van der Waals surface area contributed by atoms with Crippen LogP contribution in [-0.2, 0) is 17.9 Å². The third-order valence-corrected chi connectivity index (χ3v) is 3.78. The van der Waals surface area contributed by atoms with Gasteiger partial charge in [0, 0.05) is 30.8 Å². The molecule has 21 heavy (non-hydrogen) atoms. The second kappa shape index (κ2) is 5.95. The highest BCUT2D eigenvalue weighted by Crippen LogP contribution is 2.37. The number of hydrogen-bond donors (Lipinski definition) is 1. The molecule has 1 aromatic heterocycles. The van der Waals surface area contributed by atoms with Crippen molar-refractivity contribution in [2.75, 3.05) is 21.3 Å². The lowest BCUT2D eigenvalue weighted by molar-refractivity contribution is 0.183. The smallest absolute Gasteiger partial charge is 0.142 e. The molecule has 0 unspecified atom stereocenters. The number of methoxy groups -OCH3 is 3. The van der Waals surface area contributed by atoms with Crippen LogP contribution in [0.25, 0.3) is 11.0 Å². The molecule has 0 bridgehead atoms. The minimum atomic E-state index is 0.497.